The van der Waals surface area contributed by atoms with Crippen LogP contribution in [0.15, 0.2) is 87.8 Å². The van der Waals surface area contributed by atoms with E-state index in [1.165, 1.54) is 17.8 Å². The zero-order chi connectivity index (χ0) is 22.7. The molecule has 1 aliphatic heterocycles. The summed E-state index contributed by atoms with van der Waals surface area (Å²) in [5.41, 5.74) is 4.87. The highest BCUT2D eigenvalue weighted by Crippen LogP contribution is 2.37. The first-order valence-corrected chi connectivity index (χ1v) is 11.1. The average molecular weight is 446 g/mol. The second kappa shape index (κ2) is 9.40. The van der Waals surface area contributed by atoms with Gasteiger partial charge >= 0.3 is 0 Å². The Labute approximate surface area is 192 Å². The maximum absolute atomic E-state index is 14.1. The lowest BCUT2D eigenvalue weighted by Crippen LogP contribution is -2.23. The normalized spacial score (nSPS) is 13.3. The van der Waals surface area contributed by atoms with E-state index in [9.17, 15) is 9.18 Å². The monoisotopic (exact) mass is 445 g/mol. The molecule has 3 aromatic rings. The predicted molar refractivity (Wildman–Crippen MR) is 128 cm³/mol. The molecular weight excluding hydrogens is 421 g/mol. The molecule has 0 saturated heterocycles. The standard InChI is InChI=1S/C26H24FN3OS/c1-18(15-29(3)28-2)20-13-11-19(12-14-20)16-30-17-21-7-6-10-24(25(21)26(30)31)32-23-9-5-4-8-22(23)27/h4-15H,2,16-17H2,1,3H3/b18-15+. The van der Waals surface area contributed by atoms with Gasteiger partial charge in [-0.3, -0.25) is 9.80 Å². The Kier molecular flexibility index (Phi) is 6.42. The van der Waals surface area contributed by atoms with Gasteiger partial charge < -0.3 is 4.90 Å². The van der Waals surface area contributed by atoms with Gasteiger partial charge in [-0.15, -0.1) is 0 Å². The molecule has 32 heavy (non-hydrogen) atoms. The van der Waals surface area contributed by atoms with Crippen LogP contribution in [0.2, 0.25) is 0 Å². The first-order valence-electron chi connectivity index (χ1n) is 10.3. The van der Waals surface area contributed by atoms with Crippen LogP contribution in [0.25, 0.3) is 5.57 Å². The van der Waals surface area contributed by atoms with Gasteiger partial charge in [-0.25, -0.2) is 4.39 Å². The topological polar surface area (TPSA) is 35.9 Å². The summed E-state index contributed by atoms with van der Waals surface area (Å²) in [6.45, 7) is 6.60. The molecule has 1 aliphatic rings. The zero-order valence-corrected chi connectivity index (χ0v) is 18.9. The number of carbonyl (C=O) groups excluding carboxylic acids is 1. The molecule has 0 fully saturated rings. The molecule has 0 aromatic heterocycles. The van der Waals surface area contributed by atoms with Gasteiger partial charge in [0, 0.05) is 42.8 Å². The molecule has 1 heterocycles. The lowest BCUT2D eigenvalue weighted by atomic mass is 10.1. The van der Waals surface area contributed by atoms with Crippen LogP contribution in [-0.2, 0) is 13.1 Å². The molecule has 162 valence electrons. The van der Waals surface area contributed by atoms with Crippen LogP contribution in [-0.4, -0.2) is 29.6 Å². The van der Waals surface area contributed by atoms with Crippen molar-refractivity contribution in [2.75, 3.05) is 7.05 Å². The number of allylic oxidation sites excluding steroid dienone is 1. The average Bonchev–Trinajstić information content (AvgIpc) is 3.11. The first-order chi connectivity index (χ1) is 15.5. The van der Waals surface area contributed by atoms with E-state index >= 15 is 0 Å². The summed E-state index contributed by atoms with van der Waals surface area (Å²) < 4.78 is 14.1. The van der Waals surface area contributed by atoms with Crippen LogP contribution in [0, 0.1) is 5.82 Å². The van der Waals surface area contributed by atoms with Gasteiger partial charge in [-0.2, -0.15) is 5.10 Å². The summed E-state index contributed by atoms with van der Waals surface area (Å²) in [4.78, 5) is 16.4. The van der Waals surface area contributed by atoms with Crippen molar-refractivity contribution >= 4 is 30.0 Å². The summed E-state index contributed by atoms with van der Waals surface area (Å²) in [6, 6.07) is 20.6. The number of fused-ring (bicyclic) bond motifs is 1. The number of rotatable bonds is 7. The highest BCUT2D eigenvalue weighted by atomic mass is 32.2. The number of amides is 1. The number of nitrogens with zero attached hydrogens (tertiary/aromatic N) is 3. The van der Waals surface area contributed by atoms with Crippen molar-refractivity contribution in [1.29, 1.82) is 0 Å². The molecule has 3 aromatic carbocycles. The van der Waals surface area contributed by atoms with E-state index in [0.29, 0.717) is 23.5 Å². The van der Waals surface area contributed by atoms with Crippen LogP contribution in [0.4, 0.5) is 4.39 Å². The summed E-state index contributed by atoms with van der Waals surface area (Å²) in [7, 11) is 1.83. The Morgan fingerprint density at radius 2 is 1.84 bits per heavy atom. The van der Waals surface area contributed by atoms with Gasteiger partial charge in [-0.1, -0.05) is 60.3 Å². The fourth-order valence-corrected chi connectivity index (χ4v) is 4.75. The maximum atomic E-state index is 14.1. The highest BCUT2D eigenvalue weighted by Gasteiger charge is 2.30. The molecule has 4 rings (SSSR count). The van der Waals surface area contributed by atoms with Crippen molar-refractivity contribution in [3.05, 3.63) is 101 Å². The quantitative estimate of drug-likeness (QED) is 0.329. The Morgan fingerprint density at radius 1 is 1.12 bits per heavy atom. The molecule has 0 spiro atoms. The Morgan fingerprint density at radius 3 is 2.56 bits per heavy atom. The van der Waals surface area contributed by atoms with E-state index in [4.69, 9.17) is 0 Å². The summed E-state index contributed by atoms with van der Waals surface area (Å²) in [6.07, 6.45) is 1.91. The number of hydrogen-bond acceptors (Lipinski definition) is 4. The molecule has 0 unspecified atom stereocenters. The number of benzene rings is 3. The molecule has 0 N–H and O–H groups in total. The molecule has 6 heteroatoms. The predicted octanol–water partition coefficient (Wildman–Crippen LogP) is 6.04. The Bertz CT molecular complexity index is 1190. The van der Waals surface area contributed by atoms with Gasteiger partial charge in [0.25, 0.3) is 5.91 Å². The smallest absolute Gasteiger partial charge is 0.255 e. The van der Waals surface area contributed by atoms with E-state index < -0.39 is 0 Å². The van der Waals surface area contributed by atoms with Crippen molar-refractivity contribution < 1.29 is 9.18 Å². The second-order valence-corrected chi connectivity index (χ2v) is 8.79. The molecule has 1 amide bonds. The molecule has 0 atom stereocenters. The third-order valence-electron chi connectivity index (χ3n) is 5.42. The van der Waals surface area contributed by atoms with Crippen molar-refractivity contribution in [3.8, 4) is 0 Å². The molecule has 0 aliphatic carbocycles. The van der Waals surface area contributed by atoms with E-state index in [0.717, 1.165) is 27.2 Å². The zero-order valence-electron chi connectivity index (χ0n) is 18.1. The van der Waals surface area contributed by atoms with Crippen molar-refractivity contribution in [3.63, 3.8) is 0 Å². The van der Waals surface area contributed by atoms with Crippen molar-refractivity contribution in [2.45, 2.75) is 29.8 Å². The molecular formula is C26H24FN3OS. The van der Waals surface area contributed by atoms with E-state index in [1.54, 1.807) is 23.2 Å². The summed E-state index contributed by atoms with van der Waals surface area (Å²) >= 11 is 1.30. The van der Waals surface area contributed by atoms with Crippen LogP contribution in [0.3, 0.4) is 0 Å². The van der Waals surface area contributed by atoms with Gasteiger partial charge in [0.2, 0.25) is 0 Å². The number of hydrogen-bond donors (Lipinski definition) is 0. The molecule has 4 nitrogen and oxygen atoms in total. The lowest BCUT2D eigenvalue weighted by molar-refractivity contribution is 0.0764. The summed E-state index contributed by atoms with van der Waals surface area (Å²) in [5, 5.41) is 5.51. The lowest BCUT2D eigenvalue weighted by Gasteiger charge is -2.16. The highest BCUT2D eigenvalue weighted by molar-refractivity contribution is 7.99. The number of halogens is 1. The maximum Gasteiger partial charge on any atom is 0.255 e. The largest absolute Gasteiger partial charge is 0.330 e. The van der Waals surface area contributed by atoms with E-state index in [2.05, 4.69) is 11.8 Å². The summed E-state index contributed by atoms with van der Waals surface area (Å²) in [5.74, 6) is -0.296. The fourth-order valence-electron chi connectivity index (χ4n) is 3.73. The first kappa shape index (κ1) is 21.8. The minimum atomic E-state index is -0.281. The molecule has 0 bridgehead atoms. The fraction of sp³-hybridized carbons (Fsp3) is 0.154. The SMILES string of the molecule is C=NN(C)/C=C(\C)c1ccc(CN2Cc3cccc(Sc4ccccc4F)c3C2=O)cc1. The van der Waals surface area contributed by atoms with Gasteiger partial charge in [0.15, 0.2) is 0 Å². The second-order valence-electron chi connectivity index (χ2n) is 7.71. The molecule has 0 saturated carbocycles. The Balaban J connectivity index is 1.51. The van der Waals surface area contributed by atoms with Crippen LogP contribution < -0.4 is 0 Å². The van der Waals surface area contributed by atoms with Crippen molar-refractivity contribution in [2.24, 2.45) is 5.10 Å². The Hall–Kier alpha value is -3.38. The van der Waals surface area contributed by atoms with E-state index in [-0.39, 0.29) is 11.7 Å². The third-order valence-corrected chi connectivity index (χ3v) is 6.53. The minimum absolute atomic E-state index is 0.0155. The molecule has 0 radical (unpaired) electrons. The van der Waals surface area contributed by atoms with Crippen LogP contribution in [0.5, 0.6) is 0 Å². The number of hydrazone groups is 1. The minimum Gasteiger partial charge on any atom is -0.330 e. The van der Waals surface area contributed by atoms with Gasteiger partial charge in [-0.05, 0) is 47.4 Å². The third kappa shape index (κ3) is 4.60. The van der Waals surface area contributed by atoms with Crippen molar-refractivity contribution in [1.82, 2.24) is 9.91 Å². The number of carbonyl (C=O) groups is 1. The van der Waals surface area contributed by atoms with Gasteiger partial charge in [0.1, 0.15) is 5.82 Å². The van der Waals surface area contributed by atoms with Crippen LogP contribution >= 0.6 is 11.8 Å². The van der Waals surface area contributed by atoms with E-state index in [1.807, 2.05) is 67.5 Å². The van der Waals surface area contributed by atoms with Crippen LogP contribution in [0.1, 0.15) is 34.0 Å². The van der Waals surface area contributed by atoms with Gasteiger partial charge in [0.05, 0.1) is 5.56 Å².